The fourth-order valence-electron chi connectivity index (χ4n) is 1.93. The summed E-state index contributed by atoms with van der Waals surface area (Å²) in [6.07, 6.45) is 0. The Balaban J connectivity index is 2.07. The molecule has 4 N–H and O–H groups in total. The van der Waals surface area contributed by atoms with Gasteiger partial charge in [0.1, 0.15) is 0 Å². The van der Waals surface area contributed by atoms with E-state index < -0.39 is 0 Å². The number of nitrogens with two attached hydrogens (primary N) is 1. The van der Waals surface area contributed by atoms with Crippen LogP contribution in [0.2, 0.25) is 0 Å². The van der Waals surface area contributed by atoms with Crippen LogP contribution in [-0.4, -0.2) is 18.9 Å². The van der Waals surface area contributed by atoms with E-state index in [2.05, 4.69) is 10.6 Å². The average Bonchev–Trinajstić information content (AvgIpc) is 2.52. The van der Waals surface area contributed by atoms with Gasteiger partial charge in [0.25, 0.3) is 11.8 Å². The quantitative estimate of drug-likeness (QED) is 0.744. The summed E-state index contributed by atoms with van der Waals surface area (Å²) in [4.78, 5) is 23.6. The minimum atomic E-state index is -0.264. The van der Waals surface area contributed by atoms with Crippen LogP contribution >= 0.6 is 0 Å². The summed E-state index contributed by atoms with van der Waals surface area (Å²) < 4.78 is 0. The van der Waals surface area contributed by atoms with Crippen LogP contribution in [0.25, 0.3) is 0 Å². The number of carbonyl (C=O) groups is 2. The third-order valence-electron chi connectivity index (χ3n) is 3.08. The highest BCUT2D eigenvalue weighted by atomic mass is 16.2. The van der Waals surface area contributed by atoms with Gasteiger partial charge >= 0.3 is 0 Å². The minimum absolute atomic E-state index is 0.238. The van der Waals surface area contributed by atoms with Gasteiger partial charge in [0.15, 0.2) is 0 Å². The molecule has 5 heteroatoms. The summed E-state index contributed by atoms with van der Waals surface area (Å²) in [5, 5.41) is 5.31. The predicted molar refractivity (Wildman–Crippen MR) is 81.9 cm³/mol. The van der Waals surface area contributed by atoms with Crippen molar-refractivity contribution in [2.24, 2.45) is 0 Å². The summed E-state index contributed by atoms with van der Waals surface area (Å²) in [6.45, 7) is 0.427. The van der Waals surface area contributed by atoms with Gasteiger partial charge in [0.05, 0.1) is 5.56 Å². The molecule has 0 fully saturated rings. The monoisotopic (exact) mass is 283 g/mol. The van der Waals surface area contributed by atoms with Gasteiger partial charge in [-0.05, 0) is 23.8 Å². The van der Waals surface area contributed by atoms with E-state index in [9.17, 15) is 9.59 Å². The lowest BCUT2D eigenvalue weighted by molar-refractivity contribution is 0.0944. The summed E-state index contributed by atoms with van der Waals surface area (Å²) in [5.41, 5.74) is 7.91. The number of hydrogen-bond donors (Lipinski definition) is 3. The highest BCUT2D eigenvalue weighted by molar-refractivity contribution is 6.02. The van der Waals surface area contributed by atoms with Gasteiger partial charge in [0, 0.05) is 24.8 Å². The number of nitrogen functional groups attached to an aromatic ring is 1. The van der Waals surface area contributed by atoms with Gasteiger partial charge in [-0.15, -0.1) is 0 Å². The Labute approximate surface area is 123 Å². The number of amides is 2. The second kappa shape index (κ2) is 6.56. The highest BCUT2D eigenvalue weighted by Crippen LogP contribution is 2.14. The molecule has 0 atom stereocenters. The smallest absolute Gasteiger partial charge is 0.253 e. The van der Waals surface area contributed by atoms with Crippen molar-refractivity contribution in [1.82, 2.24) is 10.6 Å². The first-order valence-corrected chi connectivity index (χ1v) is 6.55. The standard InChI is InChI=1S/C16H17N3O2/c1-18-15(20)12-7-8-13(14(17)9-12)16(21)19-10-11-5-3-2-4-6-11/h2-9H,10,17H2,1H3,(H,18,20)(H,19,21). The Morgan fingerprint density at radius 1 is 1.05 bits per heavy atom. The molecule has 2 aromatic rings. The Morgan fingerprint density at radius 3 is 2.38 bits per heavy atom. The molecule has 0 unspecified atom stereocenters. The zero-order valence-electron chi connectivity index (χ0n) is 11.7. The number of anilines is 1. The van der Waals surface area contributed by atoms with E-state index in [0.29, 0.717) is 17.7 Å². The van der Waals surface area contributed by atoms with Crippen LogP contribution in [0.1, 0.15) is 26.3 Å². The lowest BCUT2D eigenvalue weighted by Crippen LogP contribution is -2.24. The third-order valence-corrected chi connectivity index (χ3v) is 3.08. The minimum Gasteiger partial charge on any atom is -0.398 e. The molecule has 0 aliphatic rings. The van der Waals surface area contributed by atoms with Crippen LogP contribution in [0.4, 0.5) is 5.69 Å². The molecule has 2 amide bonds. The molecular weight excluding hydrogens is 266 g/mol. The summed E-state index contributed by atoms with van der Waals surface area (Å²) >= 11 is 0. The zero-order valence-corrected chi connectivity index (χ0v) is 11.7. The molecule has 0 heterocycles. The van der Waals surface area contributed by atoms with E-state index in [4.69, 9.17) is 5.73 Å². The lowest BCUT2D eigenvalue weighted by Gasteiger charge is -2.09. The first kappa shape index (κ1) is 14.6. The molecule has 2 aromatic carbocycles. The van der Waals surface area contributed by atoms with Crippen molar-refractivity contribution in [3.05, 3.63) is 65.2 Å². The first-order chi connectivity index (χ1) is 10.1. The fraction of sp³-hybridized carbons (Fsp3) is 0.125. The van der Waals surface area contributed by atoms with Crippen LogP contribution in [0.3, 0.4) is 0 Å². The summed E-state index contributed by atoms with van der Waals surface area (Å²) in [7, 11) is 1.54. The fourth-order valence-corrected chi connectivity index (χ4v) is 1.93. The highest BCUT2D eigenvalue weighted by Gasteiger charge is 2.12. The number of carbonyl (C=O) groups excluding carboxylic acids is 2. The lowest BCUT2D eigenvalue weighted by atomic mass is 10.1. The van der Waals surface area contributed by atoms with Crippen molar-refractivity contribution in [1.29, 1.82) is 0 Å². The average molecular weight is 283 g/mol. The summed E-state index contributed by atoms with van der Waals surface area (Å²) in [6, 6.07) is 14.2. The van der Waals surface area contributed by atoms with Gasteiger partial charge in [-0.3, -0.25) is 9.59 Å². The Morgan fingerprint density at radius 2 is 1.76 bits per heavy atom. The van der Waals surface area contributed by atoms with E-state index in [1.54, 1.807) is 19.2 Å². The van der Waals surface area contributed by atoms with Gasteiger partial charge in [-0.25, -0.2) is 0 Å². The Hall–Kier alpha value is -2.82. The van der Waals surface area contributed by atoms with Crippen LogP contribution in [0.5, 0.6) is 0 Å². The van der Waals surface area contributed by atoms with Crippen LogP contribution in [0.15, 0.2) is 48.5 Å². The van der Waals surface area contributed by atoms with E-state index in [-0.39, 0.29) is 17.5 Å². The third kappa shape index (κ3) is 3.60. The molecule has 5 nitrogen and oxygen atoms in total. The molecule has 0 spiro atoms. The van der Waals surface area contributed by atoms with Crippen molar-refractivity contribution in [3.63, 3.8) is 0 Å². The van der Waals surface area contributed by atoms with E-state index in [0.717, 1.165) is 5.56 Å². The van der Waals surface area contributed by atoms with Crippen molar-refractivity contribution < 1.29 is 9.59 Å². The molecule has 0 bridgehead atoms. The predicted octanol–water partition coefficient (Wildman–Crippen LogP) is 1.56. The van der Waals surface area contributed by atoms with Crippen molar-refractivity contribution >= 4 is 17.5 Å². The van der Waals surface area contributed by atoms with Gasteiger partial charge in [-0.1, -0.05) is 30.3 Å². The zero-order chi connectivity index (χ0) is 15.2. The van der Waals surface area contributed by atoms with Gasteiger partial charge in [0.2, 0.25) is 0 Å². The first-order valence-electron chi connectivity index (χ1n) is 6.55. The molecule has 2 rings (SSSR count). The SMILES string of the molecule is CNC(=O)c1ccc(C(=O)NCc2ccccc2)c(N)c1. The number of rotatable bonds is 4. The Bertz CT molecular complexity index is 654. The molecule has 108 valence electrons. The Kier molecular flexibility index (Phi) is 4.56. The molecule has 0 radical (unpaired) electrons. The maximum absolute atomic E-state index is 12.1. The number of benzene rings is 2. The molecule has 0 saturated carbocycles. The van der Waals surface area contributed by atoms with Gasteiger partial charge < -0.3 is 16.4 Å². The van der Waals surface area contributed by atoms with E-state index in [1.807, 2.05) is 30.3 Å². The van der Waals surface area contributed by atoms with Crippen LogP contribution in [-0.2, 0) is 6.54 Å². The molecule has 0 aromatic heterocycles. The maximum Gasteiger partial charge on any atom is 0.253 e. The number of hydrogen-bond acceptors (Lipinski definition) is 3. The van der Waals surface area contributed by atoms with Gasteiger partial charge in [-0.2, -0.15) is 0 Å². The second-order valence-electron chi connectivity index (χ2n) is 4.55. The van der Waals surface area contributed by atoms with Crippen molar-refractivity contribution in [2.75, 3.05) is 12.8 Å². The van der Waals surface area contributed by atoms with Crippen molar-refractivity contribution in [2.45, 2.75) is 6.54 Å². The van der Waals surface area contributed by atoms with E-state index in [1.165, 1.54) is 6.07 Å². The van der Waals surface area contributed by atoms with E-state index >= 15 is 0 Å². The normalized spacial score (nSPS) is 9.95. The molecule has 0 saturated heterocycles. The number of nitrogens with one attached hydrogen (secondary N) is 2. The topological polar surface area (TPSA) is 84.2 Å². The molecular formula is C16H17N3O2. The van der Waals surface area contributed by atoms with Crippen molar-refractivity contribution in [3.8, 4) is 0 Å². The van der Waals surface area contributed by atoms with Crippen LogP contribution in [0, 0.1) is 0 Å². The largest absolute Gasteiger partial charge is 0.398 e. The second-order valence-corrected chi connectivity index (χ2v) is 4.55. The molecule has 21 heavy (non-hydrogen) atoms. The van der Waals surface area contributed by atoms with Crippen LogP contribution < -0.4 is 16.4 Å². The molecule has 0 aliphatic heterocycles. The summed E-state index contributed by atoms with van der Waals surface area (Å²) in [5.74, 6) is -0.502. The molecule has 0 aliphatic carbocycles. The maximum atomic E-state index is 12.1.